The van der Waals surface area contributed by atoms with Crippen molar-refractivity contribution in [2.75, 3.05) is 31.5 Å². The van der Waals surface area contributed by atoms with Crippen molar-refractivity contribution < 1.29 is 9.59 Å². The zero-order chi connectivity index (χ0) is 18.5. The van der Waals surface area contributed by atoms with Crippen LogP contribution in [0.1, 0.15) is 17.4 Å². The van der Waals surface area contributed by atoms with Crippen LogP contribution < -0.4 is 16.0 Å². The van der Waals surface area contributed by atoms with Gasteiger partial charge in [-0.1, -0.05) is 12.1 Å². The maximum absolute atomic E-state index is 12.6. The van der Waals surface area contributed by atoms with Crippen LogP contribution in [0.5, 0.6) is 0 Å². The van der Waals surface area contributed by atoms with E-state index < -0.39 is 6.03 Å². The van der Waals surface area contributed by atoms with Crippen LogP contribution in [0.25, 0.3) is 0 Å². The lowest BCUT2D eigenvalue weighted by molar-refractivity contribution is -0.133. The average Bonchev–Trinajstić information content (AvgIpc) is 3.05. The molecule has 1 aromatic carbocycles. The molecular weight excluding hydrogens is 332 g/mol. The number of benzene rings is 1. The fourth-order valence-electron chi connectivity index (χ4n) is 3.09. The van der Waals surface area contributed by atoms with Crippen molar-refractivity contribution in [3.05, 3.63) is 48.0 Å². The molecular formula is C18H24N6O2. The quantitative estimate of drug-likeness (QED) is 0.763. The zero-order valence-corrected chi connectivity index (χ0v) is 15.0. The molecule has 1 aliphatic heterocycles. The third kappa shape index (κ3) is 4.20. The van der Waals surface area contributed by atoms with Gasteiger partial charge >= 0.3 is 6.03 Å². The first-order chi connectivity index (χ1) is 12.5. The summed E-state index contributed by atoms with van der Waals surface area (Å²) in [4.78, 5) is 30.8. The summed E-state index contributed by atoms with van der Waals surface area (Å²) in [6, 6.07) is 6.96. The molecule has 138 valence electrons. The Bertz CT molecular complexity index is 787. The minimum atomic E-state index is -0.396. The predicted molar refractivity (Wildman–Crippen MR) is 98.7 cm³/mol. The van der Waals surface area contributed by atoms with Crippen LogP contribution in [0.2, 0.25) is 0 Å². The third-order valence-corrected chi connectivity index (χ3v) is 4.40. The van der Waals surface area contributed by atoms with E-state index in [1.807, 2.05) is 49.0 Å². The average molecular weight is 356 g/mol. The van der Waals surface area contributed by atoms with Gasteiger partial charge in [0.15, 0.2) is 0 Å². The second-order valence-electron chi connectivity index (χ2n) is 6.38. The van der Waals surface area contributed by atoms with Gasteiger partial charge in [-0.15, -0.1) is 0 Å². The Kier molecular flexibility index (Phi) is 5.52. The second-order valence-corrected chi connectivity index (χ2v) is 6.38. The number of piperazine rings is 1. The predicted octanol–water partition coefficient (Wildman–Crippen LogP) is 1.02. The summed E-state index contributed by atoms with van der Waals surface area (Å²) in [7, 11) is 1.91. The summed E-state index contributed by atoms with van der Waals surface area (Å²) in [5.74, 6) is 0.702. The van der Waals surface area contributed by atoms with E-state index in [4.69, 9.17) is 0 Å². The molecule has 8 nitrogen and oxygen atoms in total. The summed E-state index contributed by atoms with van der Waals surface area (Å²) >= 11 is 0. The smallest absolute Gasteiger partial charge is 0.319 e. The Labute approximate surface area is 152 Å². The summed E-state index contributed by atoms with van der Waals surface area (Å²) in [6.45, 7) is 3.85. The number of carbonyl (C=O) groups excluding carboxylic acids is 2. The summed E-state index contributed by atoms with van der Waals surface area (Å²) in [6.07, 6.45) is 3.58. The largest absolute Gasteiger partial charge is 0.336 e. The normalized spacial score (nSPS) is 17.0. The number of aryl methyl sites for hydroxylation is 2. The molecule has 1 aliphatic rings. The van der Waals surface area contributed by atoms with E-state index in [1.54, 1.807) is 11.1 Å². The SMILES string of the molecule is Cc1cccc(NC(=O)NCC(=O)N2CCNCC2c2nccn2C)c1. The van der Waals surface area contributed by atoms with Gasteiger partial charge in [-0.2, -0.15) is 0 Å². The van der Waals surface area contributed by atoms with Crippen LogP contribution in [0.15, 0.2) is 36.7 Å². The van der Waals surface area contributed by atoms with Gasteiger partial charge in [-0.3, -0.25) is 4.79 Å². The van der Waals surface area contributed by atoms with Gasteiger partial charge < -0.3 is 25.4 Å². The maximum Gasteiger partial charge on any atom is 0.319 e. The number of aromatic nitrogens is 2. The second kappa shape index (κ2) is 8.01. The maximum atomic E-state index is 12.6. The van der Waals surface area contributed by atoms with Crippen molar-refractivity contribution in [1.82, 2.24) is 25.1 Å². The van der Waals surface area contributed by atoms with Gasteiger partial charge in [0.1, 0.15) is 11.9 Å². The number of amides is 3. The lowest BCUT2D eigenvalue weighted by Crippen LogP contribution is -2.52. The number of hydrogen-bond donors (Lipinski definition) is 3. The van der Waals surface area contributed by atoms with Gasteiger partial charge in [0, 0.05) is 44.8 Å². The summed E-state index contributed by atoms with van der Waals surface area (Å²) in [5, 5.41) is 8.67. The van der Waals surface area contributed by atoms with Crippen molar-refractivity contribution in [2.45, 2.75) is 13.0 Å². The number of urea groups is 1. The zero-order valence-electron chi connectivity index (χ0n) is 15.0. The van der Waals surface area contributed by atoms with Gasteiger partial charge in [0.05, 0.1) is 6.54 Å². The highest BCUT2D eigenvalue weighted by Crippen LogP contribution is 2.20. The highest BCUT2D eigenvalue weighted by molar-refractivity contribution is 5.92. The van der Waals surface area contributed by atoms with Crippen LogP contribution in [0.3, 0.4) is 0 Å². The van der Waals surface area contributed by atoms with Gasteiger partial charge in [-0.05, 0) is 24.6 Å². The lowest BCUT2D eigenvalue weighted by atomic mass is 10.1. The van der Waals surface area contributed by atoms with E-state index in [1.165, 1.54) is 0 Å². The number of nitrogens with one attached hydrogen (secondary N) is 3. The van der Waals surface area contributed by atoms with Gasteiger partial charge in [0.25, 0.3) is 0 Å². The van der Waals surface area contributed by atoms with Gasteiger partial charge in [-0.25, -0.2) is 9.78 Å². The van der Waals surface area contributed by atoms with Crippen molar-refractivity contribution in [3.63, 3.8) is 0 Å². The molecule has 1 aromatic heterocycles. The molecule has 3 rings (SSSR count). The molecule has 2 aromatic rings. The van der Waals surface area contributed by atoms with E-state index in [0.717, 1.165) is 17.9 Å². The van der Waals surface area contributed by atoms with Crippen molar-refractivity contribution >= 4 is 17.6 Å². The Morgan fingerprint density at radius 3 is 2.96 bits per heavy atom. The molecule has 1 saturated heterocycles. The molecule has 1 atom stereocenters. The first-order valence-electron chi connectivity index (χ1n) is 8.63. The topological polar surface area (TPSA) is 91.3 Å². The van der Waals surface area contributed by atoms with E-state index in [-0.39, 0.29) is 18.5 Å². The van der Waals surface area contributed by atoms with Crippen LogP contribution in [-0.4, -0.2) is 52.6 Å². The van der Waals surface area contributed by atoms with E-state index in [9.17, 15) is 9.59 Å². The Morgan fingerprint density at radius 1 is 1.38 bits per heavy atom. The summed E-state index contributed by atoms with van der Waals surface area (Å²) in [5.41, 5.74) is 1.75. The van der Waals surface area contributed by atoms with E-state index >= 15 is 0 Å². The standard InChI is InChI=1S/C18H24N6O2/c1-13-4-3-5-14(10-13)22-18(26)21-12-16(25)24-9-6-19-11-15(24)17-20-7-8-23(17)2/h3-5,7-8,10,15,19H,6,9,11-12H2,1-2H3,(H2,21,22,26). The summed E-state index contributed by atoms with van der Waals surface area (Å²) < 4.78 is 1.91. The van der Waals surface area contributed by atoms with Gasteiger partial charge in [0.2, 0.25) is 5.91 Å². The molecule has 0 radical (unpaired) electrons. The molecule has 0 saturated carbocycles. The third-order valence-electron chi connectivity index (χ3n) is 4.40. The fraction of sp³-hybridized carbons (Fsp3) is 0.389. The Balaban J connectivity index is 1.58. The lowest BCUT2D eigenvalue weighted by Gasteiger charge is -2.35. The monoisotopic (exact) mass is 356 g/mol. The first kappa shape index (κ1) is 17.9. The minimum Gasteiger partial charge on any atom is -0.336 e. The van der Waals surface area contributed by atoms with Crippen LogP contribution >= 0.6 is 0 Å². The number of imidazole rings is 1. The highest BCUT2D eigenvalue weighted by Gasteiger charge is 2.30. The number of hydrogen-bond acceptors (Lipinski definition) is 4. The van der Waals surface area contributed by atoms with Crippen molar-refractivity contribution in [2.24, 2.45) is 7.05 Å². The highest BCUT2D eigenvalue weighted by atomic mass is 16.2. The molecule has 3 amide bonds. The van der Waals surface area contributed by atoms with E-state index in [0.29, 0.717) is 18.8 Å². The molecule has 26 heavy (non-hydrogen) atoms. The number of rotatable bonds is 4. The van der Waals surface area contributed by atoms with E-state index in [2.05, 4.69) is 20.9 Å². The minimum absolute atomic E-state index is 0.0570. The molecule has 0 bridgehead atoms. The fourth-order valence-corrected chi connectivity index (χ4v) is 3.09. The Morgan fingerprint density at radius 2 is 2.23 bits per heavy atom. The molecule has 2 heterocycles. The van der Waals surface area contributed by atoms with Crippen LogP contribution in [0.4, 0.5) is 10.5 Å². The number of carbonyl (C=O) groups is 2. The first-order valence-corrected chi connectivity index (χ1v) is 8.63. The molecule has 0 spiro atoms. The molecule has 8 heteroatoms. The molecule has 1 unspecified atom stereocenters. The molecule has 3 N–H and O–H groups in total. The van der Waals surface area contributed by atoms with Crippen LogP contribution in [0, 0.1) is 6.92 Å². The van der Waals surface area contributed by atoms with Crippen molar-refractivity contribution in [3.8, 4) is 0 Å². The van der Waals surface area contributed by atoms with Crippen LogP contribution in [-0.2, 0) is 11.8 Å². The Hall–Kier alpha value is -2.87. The molecule has 1 fully saturated rings. The number of nitrogens with zero attached hydrogens (tertiary/aromatic N) is 3. The molecule has 0 aliphatic carbocycles. The number of anilines is 1. The van der Waals surface area contributed by atoms with Crippen molar-refractivity contribution in [1.29, 1.82) is 0 Å².